The van der Waals surface area contributed by atoms with Crippen LogP contribution in [0.5, 0.6) is 0 Å². The van der Waals surface area contributed by atoms with E-state index in [0.29, 0.717) is 38.0 Å². The molecule has 2 aliphatic heterocycles. The summed E-state index contributed by atoms with van der Waals surface area (Å²) in [6, 6.07) is 5.82. The van der Waals surface area contributed by atoms with E-state index in [9.17, 15) is 21.6 Å². The zero-order valence-corrected chi connectivity index (χ0v) is 18.6. The van der Waals surface area contributed by atoms with Gasteiger partial charge in [0.05, 0.1) is 16.4 Å². The van der Waals surface area contributed by atoms with E-state index in [4.69, 9.17) is 0 Å². The van der Waals surface area contributed by atoms with Crippen LogP contribution in [0.1, 0.15) is 55.8 Å². The van der Waals surface area contributed by atoms with Crippen molar-refractivity contribution in [3.8, 4) is 0 Å². The SMILES string of the molecule is CCCN(C(=O)c1cccc(S(=O)(=O)N2CCCCCC2)c1)C1CCS(=O)(=O)C1. The molecule has 0 saturated carbocycles. The number of carbonyl (C=O) groups is 1. The van der Waals surface area contributed by atoms with Crippen molar-refractivity contribution in [1.29, 1.82) is 0 Å². The van der Waals surface area contributed by atoms with E-state index >= 15 is 0 Å². The van der Waals surface area contributed by atoms with Gasteiger partial charge >= 0.3 is 0 Å². The average Bonchev–Trinajstić information content (AvgIpc) is 2.89. The van der Waals surface area contributed by atoms with Crippen LogP contribution in [0.4, 0.5) is 0 Å². The molecule has 0 bridgehead atoms. The van der Waals surface area contributed by atoms with Gasteiger partial charge in [0.25, 0.3) is 5.91 Å². The summed E-state index contributed by atoms with van der Waals surface area (Å²) in [5, 5.41) is 0. The summed E-state index contributed by atoms with van der Waals surface area (Å²) in [5.41, 5.74) is 0.290. The lowest BCUT2D eigenvalue weighted by Crippen LogP contribution is -2.41. The quantitative estimate of drug-likeness (QED) is 0.674. The maximum Gasteiger partial charge on any atom is 0.254 e. The van der Waals surface area contributed by atoms with Crippen molar-refractivity contribution in [2.24, 2.45) is 0 Å². The maximum atomic E-state index is 13.2. The highest BCUT2D eigenvalue weighted by molar-refractivity contribution is 7.91. The monoisotopic (exact) mass is 442 g/mol. The molecular weight excluding hydrogens is 412 g/mol. The van der Waals surface area contributed by atoms with Crippen molar-refractivity contribution < 1.29 is 21.6 Å². The highest BCUT2D eigenvalue weighted by atomic mass is 32.2. The standard InChI is InChI=1S/C20H30N2O5S2/c1-2-11-22(18-10-14-28(24,25)16-18)20(23)17-8-7-9-19(15-17)29(26,27)21-12-5-3-4-6-13-21/h7-9,15,18H,2-6,10-14,16H2,1H3. The molecule has 2 fully saturated rings. The first kappa shape index (κ1) is 22.2. The minimum atomic E-state index is -3.65. The van der Waals surface area contributed by atoms with Gasteiger partial charge in [-0.3, -0.25) is 4.79 Å². The van der Waals surface area contributed by atoms with Crippen LogP contribution >= 0.6 is 0 Å². The van der Waals surface area contributed by atoms with Crippen molar-refractivity contribution in [2.75, 3.05) is 31.1 Å². The zero-order valence-electron chi connectivity index (χ0n) is 16.9. The van der Waals surface area contributed by atoms with Gasteiger partial charge in [-0.1, -0.05) is 25.8 Å². The van der Waals surface area contributed by atoms with Crippen LogP contribution < -0.4 is 0 Å². The Hall–Kier alpha value is -1.45. The van der Waals surface area contributed by atoms with Crippen molar-refractivity contribution in [1.82, 2.24) is 9.21 Å². The lowest BCUT2D eigenvalue weighted by atomic mass is 10.1. The molecule has 3 rings (SSSR count). The molecule has 7 nitrogen and oxygen atoms in total. The Morgan fingerprint density at radius 2 is 1.86 bits per heavy atom. The molecule has 1 atom stereocenters. The molecule has 2 saturated heterocycles. The number of rotatable bonds is 6. The van der Waals surface area contributed by atoms with E-state index in [1.807, 2.05) is 6.92 Å². The summed E-state index contributed by atoms with van der Waals surface area (Å²) in [5.74, 6) is -0.235. The fourth-order valence-corrected chi connectivity index (χ4v) is 7.39. The molecule has 0 N–H and O–H groups in total. The Labute approximate surface area is 174 Å². The minimum absolute atomic E-state index is 0.0233. The molecule has 2 aliphatic rings. The van der Waals surface area contributed by atoms with Crippen LogP contribution in [0.3, 0.4) is 0 Å². The first-order chi connectivity index (χ1) is 13.7. The molecule has 1 aromatic rings. The van der Waals surface area contributed by atoms with Gasteiger partial charge in [-0.15, -0.1) is 0 Å². The molecule has 1 amide bonds. The Balaban J connectivity index is 1.86. The number of sulfonamides is 1. The third-order valence-electron chi connectivity index (χ3n) is 5.66. The van der Waals surface area contributed by atoms with Gasteiger partial charge in [0.2, 0.25) is 10.0 Å². The second kappa shape index (κ2) is 9.14. The van der Waals surface area contributed by atoms with Crippen LogP contribution in [-0.4, -0.2) is 69.1 Å². The normalized spacial score (nSPS) is 22.9. The third kappa shape index (κ3) is 5.19. The minimum Gasteiger partial charge on any atom is -0.335 e. The molecule has 1 unspecified atom stereocenters. The molecule has 0 aromatic heterocycles. The summed E-state index contributed by atoms with van der Waals surface area (Å²) in [6.45, 7) is 3.39. The van der Waals surface area contributed by atoms with E-state index in [0.717, 1.165) is 25.7 Å². The number of amides is 1. The molecule has 0 spiro atoms. The second-order valence-corrected chi connectivity index (χ2v) is 12.1. The van der Waals surface area contributed by atoms with Gasteiger partial charge in [-0.05, 0) is 43.9 Å². The zero-order chi connectivity index (χ0) is 21.1. The van der Waals surface area contributed by atoms with E-state index in [1.54, 1.807) is 17.0 Å². The van der Waals surface area contributed by atoms with Crippen molar-refractivity contribution in [3.05, 3.63) is 29.8 Å². The van der Waals surface area contributed by atoms with Gasteiger partial charge in [0.15, 0.2) is 9.84 Å². The summed E-state index contributed by atoms with van der Waals surface area (Å²) >= 11 is 0. The molecule has 162 valence electrons. The van der Waals surface area contributed by atoms with Crippen LogP contribution in [0.15, 0.2) is 29.2 Å². The van der Waals surface area contributed by atoms with Crippen molar-refractivity contribution >= 4 is 25.8 Å². The summed E-state index contributed by atoms with van der Waals surface area (Å²) in [4.78, 5) is 14.9. The molecular formula is C20H30N2O5S2. The van der Waals surface area contributed by atoms with Crippen molar-refractivity contribution in [3.63, 3.8) is 0 Å². The van der Waals surface area contributed by atoms with E-state index in [2.05, 4.69) is 0 Å². The second-order valence-electron chi connectivity index (χ2n) is 7.90. The van der Waals surface area contributed by atoms with E-state index < -0.39 is 19.9 Å². The van der Waals surface area contributed by atoms with Crippen LogP contribution in [0.25, 0.3) is 0 Å². The highest BCUT2D eigenvalue weighted by Gasteiger charge is 2.35. The third-order valence-corrected chi connectivity index (χ3v) is 9.30. The first-order valence-electron chi connectivity index (χ1n) is 10.4. The number of hydrogen-bond acceptors (Lipinski definition) is 5. The maximum absolute atomic E-state index is 13.2. The predicted octanol–water partition coefficient (Wildman–Crippen LogP) is 2.29. The molecule has 29 heavy (non-hydrogen) atoms. The lowest BCUT2D eigenvalue weighted by molar-refractivity contribution is 0.0697. The number of sulfone groups is 1. The van der Waals surface area contributed by atoms with Gasteiger partial charge in [0, 0.05) is 31.2 Å². The number of benzene rings is 1. The van der Waals surface area contributed by atoms with Gasteiger partial charge < -0.3 is 4.90 Å². The Bertz CT molecular complexity index is 935. The average molecular weight is 443 g/mol. The Morgan fingerprint density at radius 1 is 1.17 bits per heavy atom. The number of hydrogen-bond donors (Lipinski definition) is 0. The van der Waals surface area contributed by atoms with Crippen LogP contribution in [0, 0.1) is 0 Å². The van der Waals surface area contributed by atoms with Crippen molar-refractivity contribution in [2.45, 2.75) is 56.4 Å². The summed E-state index contributed by atoms with van der Waals surface area (Å²) in [7, 11) is -6.77. The Kier molecular flexibility index (Phi) is 7.01. The molecule has 0 aliphatic carbocycles. The molecule has 0 radical (unpaired) electrons. The molecule has 1 aromatic carbocycles. The first-order valence-corrected chi connectivity index (χ1v) is 13.6. The number of carbonyl (C=O) groups excluding carboxylic acids is 1. The number of nitrogens with zero attached hydrogens (tertiary/aromatic N) is 2. The summed E-state index contributed by atoms with van der Waals surface area (Å²) in [6.07, 6.45) is 4.88. The molecule has 9 heteroatoms. The fraction of sp³-hybridized carbons (Fsp3) is 0.650. The predicted molar refractivity (Wildman–Crippen MR) is 112 cm³/mol. The largest absolute Gasteiger partial charge is 0.335 e. The van der Waals surface area contributed by atoms with Gasteiger partial charge in [-0.2, -0.15) is 4.31 Å². The smallest absolute Gasteiger partial charge is 0.254 e. The molecule has 2 heterocycles. The lowest BCUT2D eigenvalue weighted by Gasteiger charge is -2.28. The van der Waals surface area contributed by atoms with Gasteiger partial charge in [-0.25, -0.2) is 16.8 Å². The van der Waals surface area contributed by atoms with E-state index in [1.165, 1.54) is 16.4 Å². The highest BCUT2D eigenvalue weighted by Crippen LogP contribution is 2.24. The van der Waals surface area contributed by atoms with Gasteiger partial charge in [0.1, 0.15) is 0 Å². The fourth-order valence-electron chi connectivity index (χ4n) is 4.10. The van der Waals surface area contributed by atoms with E-state index in [-0.39, 0.29) is 28.4 Å². The van der Waals surface area contributed by atoms with Crippen LogP contribution in [0.2, 0.25) is 0 Å². The topological polar surface area (TPSA) is 91.8 Å². The van der Waals surface area contributed by atoms with Crippen LogP contribution in [-0.2, 0) is 19.9 Å². The Morgan fingerprint density at radius 3 is 2.45 bits per heavy atom. The summed E-state index contributed by atoms with van der Waals surface area (Å²) < 4.78 is 51.4.